The minimum absolute atomic E-state index is 0. The van der Waals surface area contributed by atoms with E-state index in [9.17, 15) is 0 Å². The summed E-state index contributed by atoms with van der Waals surface area (Å²) < 4.78 is 0. The van der Waals surface area contributed by atoms with E-state index < -0.39 is 0 Å². The molecule has 0 N–H and O–H groups in total. The molecule has 0 saturated carbocycles. The molecule has 0 aliphatic heterocycles. The summed E-state index contributed by atoms with van der Waals surface area (Å²) in [4.78, 5) is 32.0. The van der Waals surface area contributed by atoms with Gasteiger partial charge in [0.15, 0.2) is 0 Å². The molecule has 0 aromatic carbocycles. The Balaban J connectivity index is -0.00000000500. The Labute approximate surface area is 74.6 Å². The Morgan fingerprint density at radius 1 is 0.500 bits per heavy atom. The molecule has 0 fully saturated rings. The molecular formula is C4H12CoO4Si. The second-order valence-electron chi connectivity index (χ2n) is 0. The van der Waals surface area contributed by atoms with Crippen molar-refractivity contribution in [2.45, 2.75) is 0 Å². The summed E-state index contributed by atoms with van der Waals surface area (Å²) in [5.41, 5.74) is 0. The molecule has 1 radical (unpaired) electrons. The number of hydrogen-bond donors (Lipinski definition) is 0. The van der Waals surface area contributed by atoms with Gasteiger partial charge in [0.1, 0.15) is 27.2 Å². The Morgan fingerprint density at radius 3 is 0.500 bits per heavy atom. The van der Waals surface area contributed by atoms with Crippen molar-refractivity contribution in [1.82, 2.24) is 0 Å². The van der Waals surface area contributed by atoms with Gasteiger partial charge < -0.3 is 19.2 Å². The average molecular weight is 211 g/mol. The Bertz CT molecular complexity index is 25.2. The summed E-state index contributed by atoms with van der Waals surface area (Å²) in [6.45, 7) is 8.00. The zero-order valence-corrected chi connectivity index (χ0v) is 5.84. The van der Waals surface area contributed by atoms with Crippen molar-refractivity contribution in [2.24, 2.45) is 0 Å². The third kappa shape index (κ3) is 853. The monoisotopic (exact) mass is 211 g/mol. The summed E-state index contributed by atoms with van der Waals surface area (Å²) in [7, 11) is 0. The maximum atomic E-state index is 8.00. The number of rotatable bonds is 0. The molecule has 0 unspecified atom stereocenters. The summed E-state index contributed by atoms with van der Waals surface area (Å²) in [5, 5.41) is 0. The first-order valence-electron chi connectivity index (χ1n) is 1.15. The van der Waals surface area contributed by atoms with E-state index >= 15 is 0 Å². The van der Waals surface area contributed by atoms with Gasteiger partial charge in [0.2, 0.25) is 0 Å². The van der Waals surface area contributed by atoms with Crippen molar-refractivity contribution in [2.75, 3.05) is 0 Å². The summed E-state index contributed by atoms with van der Waals surface area (Å²) in [6, 6.07) is 0. The number of hydrogen-bond acceptors (Lipinski definition) is 4. The molecule has 0 atom stereocenters. The van der Waals surface area contributed by atoms with E-state index in [1.807, 2.05) is 27.2 Å². The largest absolute Gasteiger partial charge is 0.307 e. The third-order valence-corrected chi connectivity index (χ3v) is 0. The van der Waals surface area contributed by atoms with Crippen LogP contribution in [0, 0.1) is 0 Å². The van der Waals surface area contributed by atoms with Crippen molar-refractivity contribution in [3.63, 3.8) is 0 Å². The molecule has 0 spiro atoms. The van der Waals surface area contributed by atoms with E-state index in [1.54, 1.807) is 0 Å². The van der Waals surface area contributed by atoms with Crippen LogP contribution in [0.4, 0.5) is 0 Å². The van der Waals surface area contributed by atoms with Crippen LogP contribution in [0.25, 0.3) is 0 Å². The molecule has 0 aliphatic rings. The van der Waals surface area contributed by atoms with Crippen LogP contribution >= 0.6 is 0 Å². The van der Waals surface area contributed by atoms with Crippen molar-refractivity contribution in [3.8, 4) is 0 Å². The average Bonchev–Trinajstić information content (AvgIpc) is 2.03. The van der Waals surface area contributed by atoms with Crippen LogP contribution < -0.4 is 0 Å². The Kier molecular flexibility index (Phi) is 7420. The Morgan fingerprint density at radius 2 is 0.500 bits per heavy atom. The second-order valence-corrected chi connectivity index (χ2v) is 0. The topological polar surface area (TPSA) is 68.3 Å². The minimum Gasteiger partial charge on any atom is -0.307 e. The van der Waals surface area contributed by atoms with Gasteiger partial charge in [-0.1, -0.05) is 0 Å². The molecule has 0 aromatic heterocycles. The molecule has 6 heteroatoms. The molecule has 0 aliphatic carbocycles. The van der Waals surface area contributed by atoms with Crippen LogP contribution in [0.15, 0.2) is 0 Å². The summed E-state index contributed by atoms with van der Waals surface area (Å²) in [6.07, 6.45) is 0. The van der Waals surface area contributed by atoms with Crippen LogP contribution in [0.2, 0.25) is 0 Å². The zero-order chi connectivity index (χ0) is 8.00. The van der Waals surface area contributed by atoms with Gasteiger partial charge in [-0.25, -0.2) is 0 Å². The molecule has 0 heterocycles. The first-order valence-corrected chi connectivity index (χ1v) is 1.15. The molecule has 0 aromatic rings. The van der Waals surface area contributed by atoms with E-state index in [4.69, 9.17) is 19.2 Å². The predicted molar refractivity (Wildman–Crippen MR) is 39.8 cm³/mol. The first-order chi connectivity index (χ1) is 4.00. The van der Waals surface area contributed by atoms with E-state index in [-0.39, 0.29) is 27.7 Å². The predicted octanol–water partition coefficient (Wildman–Crippen LogP) is -2.19. The normalized spacial score (nSPS) is 1.60. The van der Waals surface area contributed by atoms with E-state index in [1.165, 1.54) is 0 Å². The number of carbonyl (C=O) groups is 4. The molecule has 0 saturated heterocycles. The summed E-state index contributed by atoms with van der Waals surface area (Å²) in [5.74, 6) is 0. The Hall–Kier alpha value is -0.597. The van der Waals surface area contributed by atoms with Crippen LogP contribution in [0.1, 0.15) is 0 Å². The fraction of sp³-hybridized carbons (Fsp3) is 0. The fourth-order valence-corrected chi connectivity index (χ4v) is 0. The third-order valence-electron chi connectivity index (χ3n) is 0. The molecule has 0 amide bonds. The van der Waals surface area contributed by atoms with Crippen molar-refractivity contribution in [1.29, 1.82) is 0 Å². The SMILES string of the molecule is C=O.C=O.C=O.C=O.[Co].[SiH4]. The molecule has 10 heavy (non-hydrogen) atoms. The van der Waals surface area contributed by atoms with Gasteiger partial charge in [0, 0.05) is 16.8 Å². The van der Waals surface area contributed by atoms with Gasteiger partial charge >= 0.3 is 0 Å². The maximum Gasteiger partial charge on any atom is 0.106 e. The van der Waals surface area contributed by atoms with Crippen molar-refractivity contribution >= 4 is 38.1 Å². The number of carbonyl (C=O) groups excluding carboxylic acids is 4. The van der Waals surface area contributed by atoms with Gasteiger partial charge in [-0.2, -0.15) is 0 Å². The van der Waals surface area contributed by atoms with E-state index in [0.717, 1.165) is 0 Å². The van der Waals surface area contributed by atoms with Gasteiger partial charge in [0.05, 0.1) is 0 Å². The van der Waals surface area contributed by atoms with Gasteiger partial charge in [-0.3, -0.25) is 0 Å². The molecule has 4 nitrogen and oxygen atoms in total. The molecule has 0 rings (SSSR count). The summed E-state index contributed by atoms with van der Waals surface area (Å²) >= 11 is 0. The van der Waals surface area contributed by atoms with Crippen molar-refractivity contribution < 1.29 is 36.0 Å². The van der Waals surface area contributed by atoms with Crippen LogP contribution in [0.3, 0.4) is 0 Å². The van der Waals surface area contributed by atoms with Crippen molar-refractivity contribution in [3.05, 3.63) is 0 Å². The van der Waals surface area contributed by atoms with Gasteiger partial charge in [-0.15, -0.1) is 0 Å². The maximum absolute atomic E-state index is 8.00. The molecule has 65 valence electrons. The minimum atomic E-state index is 0. The smallest absolute Gasteiger partial charge is 0.106 e. The fourth-order valence-electron chi connectivity index (χ4n) is 0. The van der Waals surface area contributed by atoms with E-state index in [0.29, 0.717) is 0 Å². The molecule has 0 bridgehead atoms. The standard InChI is InChI=1S/4CH2O.Co.H4Si/c4*1-2;;/h4*1H2;;1H4. The first kappa shape index (κ1) is 57.3. The van der Waals surface area contributed by atoms with Crippen LogP contribution in [-0.4, -0.2) is 38.1 Å². The second kappa shape index (κ2) is 1290. The quantitative estimate of drug-likeness (QED) is 0.427. The zero-order valence-electron chi connectivity index (χ0n) is 4.79. The van der Waals surface area contributed by atoms with Gasteiger partial charge in [-0.05, 0) is 11.0 Å². The van der Waals surface area contributed by atoms with E-state index in [2.05, 4.69) is 0 Å². The van der Waals surface area contributed by atoms with Gasteiger partial charge in [0.25, 0.3) is 0 Å². The van der Waals surface area contributed by atoms with Crippen LogP contribution in [0.5, 0.6) is 0 Å². The van der Waals surface area contributed by atoms with Crippen LogP contribution in [-0.2, 0) is 36.0 Å². The molecular weight excluding hydrogens is 199 g/mol.